The maximum absolute atomic E-state index is 5.10. The van der Waals surface area contributed by atoms with Crippen molar-refractivity contribution in [2.24, 2.45) is 5.92 Å². The van der Waals surface area contributed by atoms with Gasteiger partial charge in [-0.25, -0.2) is 0 Å². The molecule has 1 aliphatic heterocycles. The van der Waals surface area contributed by atoms with Crippen molar-refractivity contribution >= 4 is 0 Å². The number of likely N-dealkylation sites (N-methyl/N-ethyl adjacent to an activating group) is 1. The summed E-state index contributed by atoms with van der Waals surface area (Å²) in [5.41, 5.74) is 0. The molecule has 3 heteroatoms. The average Bonchev–Trinajstić information content (AvgIpc) is 2.29. The van der Waals surface area contributed by atoms with E-state index in [0.717, 1.165) is 12.5 Å². The van der Waals surface area contributed by atoms with E-state index in [-0.39, 0.29) is 0 Å². The second kappa shape index (κ2) is 8.04. The molecule has 0 radical (unpaired) electrons. The second-order valence-electron chi connectivity index (χ2n) is 5.17. The summed E-state index contributed by atoms with van der Waals surface area (Å²) in [7, 11) is 4.00. The lowest BCUT2D eigenvalue weighted by Crippen LogP contribution is -2.44. The first-order valence-electron chi connectivity index (χ1n) is 6.62. The van der Waals surface area contributed by atoms with Crippen molar-refractivity contribution in [1.29, 1.82) is 0 Å². The third-order valence-corrected chi connectivity index (χ3v) is 3.58. The average molecular weight is 228 g/mol. The van der Waals surface area contributed by atoms with Gasteiger partial charge in [-0.05, 0) is 38.8 Å². The molecule has 96 valence electrons. The van der Waals surface area contributed by atoms with Crippen molar-refractivity contribution in [1.82, 2.24) is 9.80 Å². The van der Waals surface area contributed by atoms with Crippen LogP contribution in [0.2, 0.25) is 0 Å². The molecule has 0 aromatic heterocycles. The van der Waals surface area contributed by atoms with E-state index in [1.54, 1.807) is 7.11 Å². The van der Waals surface area contributed by atoms with Gasteiger partial charge < -0.3 is 14.5 Å². The number of hydrogen-bond acceptors (Lipinski definition) is 3. The Balaban J connectivity index is 1.98. The highest BCUT2D eigenvalue weighted by Crippen LogP contribution is 2.11. The van der Waals surface area contributed by atoms with E-state index < -0.39 is 0 Å². The maximum Gasteiger partial charge on any atom is 0.0464 e. The second-order valence-corrected chi connectivity index (χ2v) is 5.17. The molecule has 3 nitrogen and oxygen atoms in total. The third kappa shape index (κ3) is 5.83. The van der Waals surface area contributed by atoms with Gasteiger partial charge in [0.1, 0.15) is 0 Å². The number of nitrogens with zero attached hydrogens (tertiary/aromatic N) is 2. The van der Waals surface area contributed by atoms with Crippen molar-refractivity contribution in [2.75, 3.05) is 53.5 Å². The summed E-state index contributed by atoms with van der Waals surface area (Å²) < 4.78 is 5.10. The summed E-state index contributed by atoms with van der Waals surface area (Å²) in [4.78, 5) is 5.01. The fourth-order valence-electron chi connectivity index (χ4n) is 2.20. The maximum atomic E-state index is 5.10. The molecule has 1 heterocycles. The predicted octanol–water partition coefficient (Wildman–Crippen LogP) is 1.69. The molecule has 1 saturated heterocycles. The minimum atomic E-state index is 0.812. The Morgan fingerprint density at radius 1 is 1.12 bits per heavy atom. The van der Waals surface area contributed by atoms with Gasteiger partial charge in [-0.15, -0.1) is 0 Å². The summed E-state index contributed by atoms with van der Waals surface area (Å²) in [5.74, 6) is 0.812. The quantitative estimate of drug-likeness (QED) is 0.659. The highest BCUT2D eigenvalue weighted by molar-refractivity contribution is 4.69. The van der Waals surface area contributed by atoms with Crippen LogP contribution in [0, 0.1) is 5.92 Å². The molecule has 16 heavy (non-hydrogen) atoms. The molecule has 1 unspecified atom stereocenters. The Bertz CT molecular complexity index is 167. The van der Waals surface area contributed by atoms with E-state index in [2.05, 4.69) is 23.8 Å². The van der Waals surface area contributed by atoms with Crippen molar-refractivity contribution in [3.05, 3.63) is 0 Å². The normalized spacial score (nSPS) is 21.2. The Morgan fingerprint density at radius 2 is 1.81 bits per heavy atom. The number of piperazine rings is 1. The summed E-state index contributed by atoms with van der Waals surface area (Å²) in [5, 5.41) is 0. The summed E-state index contributed by atoms with van der Waals surface area (Å²) >= 11 is 0. The third-order valence-electron chi connectivity index (χ3n) is 3.58. The Hall–Kier alpha value is -0.120. The lowest BCUT2D eigenvalue weighted by Gasteiger charge is -2.32. The molecule has 1 rings (SSSR count). The highest BCUT2D eigenvalue weighted by Gasteiger charge is 2.13. The summed E-state index contributed by atoms with van der Waals surface area (Å²) in [6.07, 6.45) is 3.89. The van der Waals surface area contributed by atoms with E-state index in [1.807, 2.05) is 0 Å². The molecule has 1 fully saturated rings. The van der Waals surface area contributed by atoms with Crippen LogP contribution in [-0.4, -0.2) is 63.3 Å². The molecule has 0 N–H and O–H groups in total. The van der Waals surface area contributed by atoms with Gasteiger partial charge >= 0.3 is 0 Å². The number of rotatable bonds is 7. The first kappa shape index (κ1) is 13.9. The van der Waals surface area contributed by atoms with Crippen LogP contribution in [0.3, 0.4) is 0 Å². The molecular weight excluding hydrogens is 200 g/mol. The van der Waals surface area contributed by atoms with Crippen LogP contribution in [-0.2, 0) is 4.74 Å². The van der Waals surface area contributed by atoms with E-state index in [4.69, 9.17) is 4.74 Å². The van der Waals surface area contributed by atoms with Gasteiger partial charge in [0.15, 0.2) is 0 Å². The Kier molecular flexibility index (Phi) is 7.01. The lowest BCUT2D eigenvalue weighted by atomic mass is 10.0. The van der Waals surface area contributed by atoms with Gasteiger partial charge in [0.2, 0.25) is 0 Å². The molecule has 1 atom stereocenters. The topological polar surface area (TPSA) is 15.7 Å². The largest absolute Gasteiger partial charge is 0.385 e. The van der Waals surface area contributed by atoms with Gasteiger partial charge in [-0.1, -0.05) is 6.92 Å². The zero-order chi connectivity index (χ0) is 11.8. The highest BCUT2D eigenvalue weighted by atomic mass is 16.5. The zero-order valence-corrected chi connectivity index (χ0v) is 11.2. The minimum Gasteiger partial charge on any atom is -0.385 e. The van der Waals surface area contributed by atoms with Crippen molar-refractivity contribution in [2.45, 2.75) is 26.2 Å². The number of hydrogen-bond donors (Lipinski definition) is 0. The predicted molar refractivity (Wildman–Crippen MR) is 68.8 cm³/mol. The van der Waals surface area contributed by atoms with Crippen LogP contribution in [0.1, 0.15) is 26.2 Å². The number of ether oxygens (including phenoxy) is 1. The van der Waals surface area contributed by atoms with Gasteiger partial charge in [0, 0.05) is 39.9 Å². The molecular formula is C13H28N2O. The van der Waals surface area contributed by atoms with Crippen molar-refractivity contribution < 1.29 is 4.74 Å². The monoisotopic (exact) mass is 228 g/mol. The molecule has 0 aliphatic carbocycles. The van der Waals surface area contributed by atoms with Crippen LogP contribution < -0.4 is 0 Å². The van der Waals surface area contributed by atoms with Gasteiger partial charge in [0.05, 0.1) is 0 Å². The van der Waals surface area contributed by atoms with Gasteiger partial charge in [-0.2, -0.15) is 0 Å². The molecule has 0 amide bonds. The molecule has 0 saturated carbocycles. The summed E-state index contributed by atoms with van der Waals surface area (Å²) in [6.45, 7) is 9.51. The minimum absolute atomic E-state index is 0.812. The van der Waals surface area contributed by atoms with E-state index in [1.165, 1.54) is 52.0 Å². The van der Waals surface area contributed by atoms with Gasteiger partial charge in [-0.3, -0.25) is 0 Å². The van der Waals surface area contributed by atoms with E-state index in [0.29, 0.717) is 0 Å². The Labute approximate surface area is 101 Å². The van der Waals surface area contributed by atoms with E-state index >= 15 is 0 Å². The molecule has 0 spiro atoms. The van der Waals surface area contributed by atoms with Crippen LogP contribution >= 0.6 is 0 Å². The molecule has 0 aromatic carbocycles. The standard InChI is InChI=1S/C13H28N2O/c1-13(6-12-16-3)5-4-7-15-10-8-14(2)9-11-15/h13H,4-12H2,1-3H3. The molecule has 1 aliphatic rings. The fraction of sp³-hybridized carbons (Fsp3) is 1.00. The van der Waals surface area contributed by atoms with Crippen molar-refractivity contribution in [3.63, 3.8) is 0 Å². The molecule has 0 aromatic rings. The zero-order valence-electron chi connectivity index (χ0n) is 11.2. The van der Waals surface area contributed by atoms with Crippen molar-refractivity contribution in [3.8, 4) is 0 Å². The first-order valence-corrected chi connectivity index (χ1v) is 6.62. The smallest absolute Gasteiger partial charge is 0.0464 e. The van der Waals surface area contributed by atoms with Gasteiger partial charge in [0.25, 0.3) is 0 Å². The van der Waals surface area contributed by atoms with Crippen LogP contribution in [0.4, 0.5) is 0 Å². The Morgan fingerprint density at radius 3 is 2.44 bits per heavy atom. The summed E-state index contributed by atoms with van der Waals surface area (Å²) in [6, 6.07) is 0. The SMILES string of the molecule is COCCC(C)CCCN1CCN(C)CC1. The van der Waals surface area contributed by atoms with E-state index in [9.17, 15) is 0 Å². The van der Waals surface area contributed by atoms with Crippen LogP contribution in [0.15, 0.2) is 0 Å². The lowest BCUT2D eigenvalue weighted by molar-refractivity contribution is 0.147. The molecule has 0 bridgehead atoms. The first-order chi connectivity index (χ1) is 7.72. The van der Waals surface area contributed by atoms with Crippen LogP contribution in [0.5, 0.6) is 0 Å². The number of methoxy groups -OCH3 is 1. The van der Waals surface area contributed by atoms with Crippen LogP contribution in [0.25, 0.3) is 0 Å². The fourth-order valence-corrected chi connectivity index (χ4v) is 2.20.